The number of rotatable bonds is 15. The van der Waals surface area contributed by atoms with Crippen LogP contribution in [-0.4, -0.2) is 67.6 Å². The highest BCUT2D eigenvalue weighted by Crippen LogP contribution is 2.50. The lowest BCUT2D eigenvalue weighted by Gasteiger charge is -2.14. The number of hydrogen-bond donors (Lipinski definition) is 8. The molecule has 29 heteroatoms. The lowest BCUT2D eigenvalue weighted by molar-refractivity contribution is -0.114. The highest BCUT2D eigenvalue weighted by molar-refractivity contribution is 7.86. The first kappa shape index (κ1) is 46.9. The Hall–Kier alpha value is -7.12. The maximum Gasteiger partial charge on any atom is 0.340 e. The molecule has 2 unspecified atom stereocenters. The summed E-state index contributed by atoms with van der Waals surface area (Å²) in [5.41, 5.74) is 7.53. The van der Waals surface area contributed by atoms with Crippen LogP contribution in [0, 0.1) is 0 Å². The zero-order valence-electron chi connectivity index (χ0n) is 31.8. The number of methoxy groups -OCH3 is 1. The molecule has 0 saturated heterocycles. The summed E-state index contributed by atoms with van der Waals surface area (Å²) in [5, 5.41) is 44.6. The summed E-state index contributed by atoms with van der Waals surface area (Å²) in [6.07, 6.45) is 0. The molecular formula is C34H29N11O14S4. The summed E-state index contributed by atoms with van der Waals surface area (Å²) in [6.45, 7) is 1.12. The van der Waals surface area contributed by atoms with Crippen molar-refractivity contribution < 1.29 is 62.9 Å². The molecule has 1 amide bonds. The van der Waals surface area contributed by atoms with E-state index >= 15 is 0 Å². The number of azo groups is 4. The van der Waals surface area contributed by atoms with E-state index in [1.54, 1.807) is 30.3 Å². The van der Waals surface area contributed by atoms with Crippen molar-refractivity contribution in [1.82, 2.24) is 0 Å². The van der Waals surface area contributed by atoms with E-state index in [1.165, 1.54) is 7.11 Å². The predicted molar refractivity (Wildman–Crippen MR) is 223 cm³/mol. The Balaban J connectivity index is 1.73. The molecule has 25 nitrogen and oxygen atoms in total. The molecule has 63 heavy (non-hydrogen) atoms. The van der Waals surface area contributed by atoms with Crippen molar-refractivity contribution in [3.63, 3.8) is 0 Å². The molecule has 0 aromatic heterocycles. The van der Waals surface area contributed by atoms with Gasteiger partial charge in [-0.15, -0.1) is 35.8 Å². The number of aromatic carboxylic acids is 1. The fourth-order valence-corrected chi connectivity index (χ4v) is 7.40. The van der Waals surface area contributed by atoms with Gasteiger partial charge in [0.15, 0.2) is 22.2 Å². The van der Waals surface area contributed by atoms with Gasteiger partial charge in [-0.25, -0.2) is 13.2 Å². The van der Waals surface area contributed by atoms with E-state index in [1.807, 2.05) is 0 Å². The number of anilines is 3. The molecule has 0 fully saturated rings. The number of carboxylic acids is 1. The van der Waals surface area contributed by atoms with Crippen molar-refractivity contribution in [2.24, 2.45) is 40.9 Å². The summed E-state index contributed by atoms with van der Waals surface area (Å²) in [5.74, 6) is -2.63. The van der Waals surface area contributed by atoms with Crippen LogP contribution in [0.4, 0.5) is 62.6 Å². The van der Waals surface area contributed by atoms with Crippen molar-refractivity contribution in [3.8, 4) is 5.75 Å². The van der Waals surface area contributed by atoms with Gasteiger partial charge in [-0.05, 0) is 54.6 Å². The van der Waals surface area contributed by atoms with E-state index < -0.39 is 114 Å². The van der Waals surface area contributed by atoms with Gasteiger partial charge in [-0.2, -0.15) is 21.9 Å². The fourth-order valence-electron chi connectivity index (χ4n) is 5.14. The SMILES string of the molecule is COc1cc(N=Nc2ccc(S(=O)O)cc2S(=O)(=O)O)c(NC(C)=O)cc1N=Nc1c(N)c(N=Nc2ccccc2)c(N)c(N=Nc2ccc(S(=O)O)cc2S(=O)(=O)O)c1C(=O)O. The first-order valence-electron chi connectivity index (χ1n) is 16.7. The molecule has 2 atom stereocenters. The quantitative estimate of drug-likeness (QED) is 0.0214. The number of carboxylic acid groups (broad SMARTS) is 1. The fraction of sp³-hybridized carbons (Fsp3) is 0.0588. The number of carbonyl (C=O) groups excluding carboxylic acids is 1. The topological polar surface area (TPSA) is 410 Å². The molecule has 328 valence electrons. The zero-order chi connectivity index (χ0) is 46.4. The van der Waals surface area contributed by atoms with Gasteiger partial charge in [0, 0.05) is 13.0 Å². The Morgan fingerprint density at radius 3 is 1.54 bits per heavy atom. The molecule has 0 bridgehead atoms. The largest absolute Gasteiger partial charge is 0.494 e. The van der Waals surface area contributed by atoms with Crippen molar-refractivity contribution >= 4 is 117 Å². The summed E-state index contributed by atoms with van der Waals surface area (Å²) in [7, 11) is -8.96. The first-order chi connectivity index (χ1) is 29.6. The minimum Gasteiger partial charge on any atom is -0.494 e. The molecule has 5 aromatic carbocycles. The van der Waals surface area contributed by atoms with Gasteiger partial charge in [0.25, 0.3) is 20.2 Å². The Morgan fingerprint density at radius 2 is 1.10 bits per heavy atom. The van der Waals surface area contributed by atoms with E-state index in [9.17, 15) is 58.2 Å². The number of nitrogens with two attached hydrogens (primary N) is 2. The first-order valence-corrected chi connectivity index (χ1v) is 21.8. The maximum atomic E-state index is 12.9. The van der Waals surface area contributed by atoms with E-state index in [0.717, 1.165) is 43.3 Å². The average molecular weight is 944 g/mol. The monoisotopic (exact) mass is 943 g/mol. The van der Waals surface area contributed by atoms with Gasteiger partial charge in [0.2, 0.25) is 5.91 Å². The minimum atomic E-state index is -5.12. The molecule has 0 radical (unpaired) electrons. The lowest BCUT2D eigenvalue weighted by Crippen LogP contribution is -2.06. The minimum absolute atomic E-state index is 0.163. The highest BCUT2D eigenvalue weighted by Gasteiger charge is 2.28. The van der Waals surface area contributed by atoms with Crippen molar-refractivity contribution in [3.05, 3.63) is 84.4 Å². The smallest absolute Gasteiger partial charge is 0.340 e. The van der Waals surface area contributed by atoms with Gasteiger partial charge in [-0.3, -0.25) is 13.9 Å². The Labute approximate surface area is 359 Å². The molecule has 0 heterocycles. The number of carbonyl (C=O) groups is 2. The number of amides is 1. The molecule has 5 rings (SSSR count). The van der Waals surface area contributed by atoms with Gasteiger partial charge < -0.3 is 35.7 Å². The number of nitrogens with zero attached hydrogens (tertiary/aromatic N) is 8. The second-order valence-electron chi connectivity index (χ2n) is 12.1. The molecular weight excluding hydrogens is 915 g/mol. The standard InChI is InChI=1S/C34H29N11O14S4/c1-16(46)37-22-14-24(25(59-2)15-23(22)41-39-20-10-8-18(60(49)50)12-26(20)62(53,54)55)42-44-32-28(34(47)48)31(29(35)33(30(32)36)45-38-17-6-4-3-5-7-17)43-40-21-11-9-19(61(51)52)13-27(21)63(56,57)58/h3-15H,35-36H2,1-2H3,(H,37,46)(H,47,48)(H,49,50)(H,51,52)(H,53,54,55)(H,56,57,58). The Kier molecular flexibility index (Phi) is 14.4. The molecule has 0 aliphatic heterocycles. The van der Waals surface area contributed by atoms with Crippen molar-refractivity contribution in [2.75, 3.05) is 23.9 Å². The van der Waals surface area contributed by atoms with Crippen LogP contribution in [0.5, 0.6) is 5.75 Å². The van der Waals surface area contributed by atoms with E-state index in [4.69, 9.17) is 16.2 Å². The maximum absolute atomic E-state index is 12.9. The van der Waals surface area contributed by atoms with Crippen LogP contribution in [0.2, 0.25) is 0 Å². The highest BCUT2D eigenvalue weighted by atomic mass is 32.2. The molecule has 5 aromatic rings. The zero-order valence-corrected chi connectivity index (χ0v) is 35.0. The van der Waals surface area contributed by atoms with Crippen LogP contribution in [0.25, 0.3) is 0 Å². The second-order valence-corrected chi connectivity index (χ2v) is 16.8. The average Bonchev–Trinajstić information content (AvgIpc) is 3.21. The number of nitrogen functional groups attached to an aromatic ring is 2. The van der Waals surface area contributed by atoms with E-state index in [0.29, 0.717) is 12.1 Å². The van der Waals surface area contributed by atoms with E-state index in [2.05, 4.69) is 46.2 Å². The summed E-state index contributed by atoms with van der Waals surface area (Å²) < 4.78 is 116. The third-order valence-electron chi connectivity index (χ3n) is 7.94. The molecule has 0 saturated carbocycles. The van der Waals surface area contributed by atoms with Crippen LogP contribution < -0.4 is 21.5 Å². The van der Waals surface area contributed by atoms with Gasteiger partial charge in [0.05, 0.1) is 39.7 Å². The van der Waals surface area contributed by atoms with Crippen molar-refractivity contribution in [1.29, 1.82) is 0 Å². The predicted octanol–water partition coefficient (Wildman–Crippen LogP) is 7.83. The summed E-state index contributed by atoms with van der Waals surface area (Å²) >= 11 is -5.32. The van der Waals surface area contributed by atoms with Gasteiger partial charge in [-0.1, -0.05) is 18.2 Å². The molecule has 0 aliphatic rings. The molecule has 10 N–H and O–H groups in total. The van der Waals surface area contributed by atoms with Crippen molar-refractivity contribution in [2.45, 2.75) is 26.5 Å². The normalized spacial score (nSPS) is 13.2. The van der Waals surface area contributed by atoms with Gasteiger partial charge >= 0.3 is 5.97 Å². The Bertz CT molecular complexity index is 3080. The summed E-state index contributed by atoms with van der Waals surface area (Å²) in [6, 6.07) is 15.6. The van der Waals surface area contributed by atoms with Crippen LogP contribution in [0.15, 0.2) is 139 Å². The molecule has 0 spiro atoms. The third kappa shape index (κ3) is 11.2. The van der Waals surface area contributed by atoms with Crippen LogP contribution in [-0.2, 0) is 47.2 Å². The second kappa shape index (κ2) is 19.3. The third-order valence-corrected chi connectivity index (χ3v) is 11.0. The molecule has 0 aliphatic carbocycles. The number of nitrogens with one attached hydrogen (secondary N) is 1. The number of hydrogen-bond acceptors (Lipinski definition) is 19. The van der Waals surface area contributed by atoms with Crippen LogP contribution >= 0.6 is 0 Å². The Morgan fingerprint density at radius 1 is 0.635 bits per heavy atom. The van der Waals surface area contributed by atoms with E-state index in [-0.39, 0.29) is 33.4 Å². The number of benzene rings is 5. The van der Waals surface area contributed by atoms with Crippen LogP contribution in [0.1, 0.15) is 17.3 Å². The van der Waals surface area contributed by atoms with Crippen LogP contribution in [0.3, 0.4) is 0 Å². The number of ether oxygens (including phenoxy) is 1. The lowest BCUT2D eigenvalue weighted by atomic mass is 10.1. The van der Waals surface area contributed by atoms with Gasteiger partial charge in [0.1, 0.15) is 60.9 Å². The summed E-state index contributed by atoms with van der Waals surface area (Å²) in [4.78, 5) is 22.5.